The van der Waals surface area contributed by atoms with Gasteiger partial charge in [0.2, 0.25) is 0 Å². The average Bonchev–Trinajstić information content (AvgIpc) is 3.09. The molecule has 0 spiro atoms. The number of aliphatic hydroxyl groups is 1. The van der Waals surface area contributed by atoms with Crippen molar-refractivity contribution in [2.75, 3.05) is 0 Å². The molecule has 0 fully saturated rings. The number of hydrogen-bond donors (Lipinski definition) is 3. The van der Waals surface area contributed by atoms with Gasteiger partial charge in [0.1, 0.15) is 17.6 Å². The molecule has 3 aromatic rings. The van der Waals surface area contributed by atoms with Gasteiger partial charge < -0.3 is 15.5 Å². The van der Waals surface area contributed by atoms with Crippen LogP contribution in [0, 0.1) is 0 Å². The summed E-state index contributed by atoms with van der Waals surface area (Å²) in [5.74, 6) is 0. The van der Waals surface area contributed by atoms with Gasteiger partial charge in [-0.2, -0.15) is 0 Å². The van der Waals surface area contributed by atoms with Gasteiger partial charge in [-0.05, 0) is 34.7 Å². The largest absolute Gasteiger partial charge is 0.465 e. The number of hydrogen-bond acceptors (Lipinski definition) is 5. The number of carboxylic acid groups (broad SMARTS) is 1. The van der Waals surface area contributed by atoms with Crippen molar-refractivity contribution in [2.45, 2.75) is 12.1 Å². The summed E-state index contributed by atoms with van der Waals surface area (Å²) in [5.41, 5.74) is 1.76. The molecule has 1 amide bonds. The third-order valence-corrected chi connectivity index (χ3v) is 5.23. The summed E-state index contributed by atoms with van der Waals surface area (Å²) in [6.07, 6.45) is 0.573. The van der Waals surface area contributed by atoms with E-state index in [0.29, 0.717) is 26.6 Å². The number of carbonyl (C=O) groups is 1. The van der Waals surface area contributed by atoms with Crippen LogP contribution in [0.4, 0.5) is 4.79 Å². The van der Waals surface area contributed by atoms with Crippen LogP contribution in [0.1, 0.15) is 33.7 Å². The van der Waals surface area contributed by atoms with E-state index in [9.17, 15) is 15.0 Å². The quantitative estimate of drug-likeness (QED) is 0.546. The molecule has 0 saturated heterocycles. The van der Waals surface area contributed by atoms with Gasteiger partial charge in [0.05, 0.1) is 6.04 Å². The molecule has 0 radical (unpaired) electrons. The highest BCUT2D eigenvalue weighted by molar-refractivity contribution is 7.10. The van der Waals surface area contributed by atoms with Crippen LogP contribution in [0.15, 0.2) is 48.2 Å². The molecule has 0 aliphatic heterocycles. The van der Waals surface area contributed by atoms with Gasteiger partial charge in [-0.3, -0.25) is 0 Å². The molecule has 3 rings (SSSR count). The van der Waals surface area contributed by atoms with E-state index in [0.717, 1.165) is 0 Å². The van der Waals surface area contributed by atoms with Gasteiger partial charge in [0.15, 0.2) is 0 Å². The molecule has 2 heterocycles. The van der Waals surface area contributed by atoms with Crippen molar-refractivity contribution in [3.8, 4) is 0 Å². The Bertz CT molecular complexity index is 935. The Kier molecular flexibility index (Phi) is 5.73. The molecule has 26 heavy (non-hydrogen) atoms. The molecule has 1 aromatic carbocycles. The molecular formula is C17H13Cl2N3O3S. The number of rotatable bonds is 5. The van der Waals surface area contributed by atoms with Crippen LogP contribution in [-0.2, 0) is 0 Å². The van der Waals surface area contributed by atoms with E-state index in [1.54, 1.807) is 35.7 Å². The summed E-state index contributed by atoms with van der Waals surface area (Å²) in [6, 6.07) is 8.03. The van der Waals surface area contributed by atoms with Crippen LogP contribution in [0.25, 0.3) is 0 Å². The molecule has 3 N–H and O–H groups in total. The fourth-order valence-electron chi connectivity index (χ4n) is 2.49. The van der Waals surface area contributed by atoms with Crippen molar-refractivity contribution in [3.63, 3.8) is 0 Å². The average molecular weight is 410 g/mol. The first kappa shape index (κ1) is 18.6. The molecule has 0 saturated carbocycles. The highest BCUT2D eigenvalue weighted by Crippen LogP contribution is 2.34. The summed E-state index contributed by atoms with van der Waals surface area (Å²) in [4.78, 5) is 19.6. The minimum absolute atomic E-state index is 0.164. The van der Waals surface area contributed by atoms with E-state index < -0.39 is 18.2 Å². The number of aromatic nitrogens is 2. The zero-order chi connectivity index (χ0) is 18.7. The van der Waals surface area contributed by atoms with Crippen LogP contribution in [0.2, 0.25) is 10.2 Å². The van der Waals surface area contributed by atoms with E-state index >= 15 is 0 Å². The van der Waals surface area contributed by atoms with Crippen molar-refractivity contribution < 1.29 is 15.0 Å². The molecule has 0 unspecified atom stereocenters. The second-order valence-corrected chi connectivity index (χ2v) is 7.13. The Hall–Kier alpha value is -2.19. The van der Waals surface area contributed by atoms with Crippen molar-refractivity contribution in [2.24, 2.45) is 0 Å². The van der Waals surface area contributed by atoms with E-state index in [-0.39, 0.29) is 5.15 Å². The molecule has 134 valence electrons. The molecule has 0 aliphatic carbocycles. The van der Waals surface area contributed by atoms with E-state index in [4.69, 9.17) is 23.2 Å². The number of nitrogens with one attached hydrogen (secondary N) is 1. The topological polar surface area (TPSA) is 95.3 Å². The molecule has 2 aromatic heterocycles. The van der Waals surface area contributed by atoms with Crippen molar-refractivity contribution in [1.82, 2.24) is 15.3 Å². The van der Waals surface area contributed by atoms with Crippen LogP contribution in [0.3, 0.4) is 0 Å². The van der Waals surface area contributed by atoms with Crippen LogP contribution in [-0.4, -0.2) is 26.3 Å². The highest BCUT2D eigenvalue weighted by atomic mass is 35.5. The summed E-state index contributed by atoms with van der Waals surface area (Å²) >= 11 is 13.3. The van der Waals surface area contributed by atoms with Crippen LogP contribution in [0.5, 0.6) is 0 Å². The van der Waals surface area contributed by atoms with Crippen molar-refractivity contribution in [3.05, 3.63) is 80.0 Å². The summed E-state index contributed by atoms with van der Waals surface area (Å²) in [5, 5.41) is 24.7. The predicted molar refractivity (Wildman–Crippen MR) is 99.9 cm³/mol. The Morgan fingerprint density at radius 1 is 1.23 bits per heavy atom. The Balaban J connectivity index is 1.94. The maximum Gasteiger partial charge on any atom is 0.405 e. The zero-order valence-corrected chi connectivity index (χ0v) is 15.5. The lowest BCUT2D eigenvalue weighted by molar-refractivity contribution is 0.192. The third-order valence-electron chi connectivity index (χ3n) is 3.68. The lowest BCUT2D eigenvalue weighted by Gasteiger charge is -2.17. The molecular weight excluding hydrogens is 397 g/mol. The first-order valence-corrected chi connectivity index (χ1v) is 9.06. The van der Waals surface area contributed by atoms with Gasteiger partial charge in [-0.15, -0.1) is 11.3 Å². The lowest BCUT2D eigenvalue weighted by atomic mass is 10.0. The number of thiophene rings is 1. The van der Waals surface area contributed by atoms with Gasteiger partial charge in [0.25, 0.3) is 0 Å². The summed E-state index contributed by atoms with van der Waals surface area (Å²) in [6.45, 7) is 0. The fraction of sp³-hybridized carbons (Fsp3) is 0.118. The normalized spacial score (nSPS) is 13.2. The van der Waals surface area contributed by atoms with Gasteiger partial charge in [0, 0.05) is 21.7 Å². The predicted octanol–water partition coefficient (Wildman–Crippen LogP) is 4.28. The first-order valence-electron chi connectivity index (χ1n) is 7.42. The summed E-state index contributed by atoms with van der Waals surface area (Å²) in [7, 11) is 0. The minimum atomic E-state index is -1.16. The number of benzene rings is 1. The first-order chi connectivity index (χ1) is 12.5. The number of amides is 1. The SMILES string of the molecule is O=C(O)N[C@H](c1cccc(Cl)c1)c1csc([C@@H](O)c2cncnc2Cl)c1. The second kappa shape index (κ2) is 8.01. The van der Waals surface area contributed by atoms with E-state index in [1.807, 2.05) is 0 Å². The van der Waals surface area contributed by atoms with Gasteiger partial charge >= 0.3 is 6.09 Å². The molecule has 2 atom stereocenters. The number of nitrogens with zero attached hydrogens (tertiary/aromatic N) is 2. The van der Waals surface area contributed by atoms with E-state index in [1.165, 1.54) is 23.9 Å². The minimum Gasteiger partial charge on any atom is -0.465 e. The number of halogens is 2. The highest BCUT2D eigenvalue weighted by Gasteiger charge is 2.22. The molecule has 0 aliphatic rings. The maximum absolute atomic E-state index is 11.2. The smallest absolute Gasteiger partial charge is 0.405 e. The monoisotopic (exact) mass is 409 g/mol. The maximum atomic E-state index is 11.2. The molecule has 0 bridgehead atoms. The number of aliphatic hydroxyl groups excluding tert-OH is 1. The Morgan fingerprint density at radius 3 is 2.73 bits per heavy atom. The van der Waals surface area contributed by atoms with Crippen molar-refractivity contribution >= 4 is 40.6 Å². The van der Waals surface area contributed by atoms with Crippen molar-refractivity contribution in [1.29, 1.82) is 0 Å². The van der Waals surface area contributed by atoms with Crippen LogP contribution < -0.4 is 5.32 Å². The zero-order valence-electron chi connectivity index (χ0n) is 13.1. The summed E-state index contributed by atoms with van der Waals surface area (Å²) < 4.78 is 0. The van der Waals surface area contributed by atoms with E-state index in [2.05, 4.69) is 15.3 Å². The standard InChI is InChI=1S/C17H13Cl2N3O3S/c18-11-3-1-2-9(4-11)14(22-17(24)25)10-5-13(26-7-10)15(23)12-6-20-8-21-16(12)19/h1-8,14-15,22-23H,(H,24,25)/t14-,15+/m1/s1. The van der Waals surface area contributed by atoms with Crippen LogP contribution >= 0.6 is 34.5 Å². The Labute approximate surface area is 163 Å². The van der Waals surface area contributed by atoms with Gasteiger partial charge in [-0.25, -0.2) is 14.8 Å². The second-order valence-electron chi connectivity index (χ2n) is 5.39. The molecule has 6 nitrogen and oxygen atoms in total. The van der Waals surface area contributed by atoms with Gasteiger partial charge in [-0.1, -0.05) is 35.3 Å². The molecule has 9 heteroatoms. The fourth-order valence-corrected chi connectivity index (χ4v) is 3.82. The Morgan fingerprint density at radius 2 is 2.04 bits per heavy atom. The third kappa shape index (κ3) is 4.13. The lowest BCUT2D eigenvalue weighted by Crippen LogP contribution is -2.27.